The molecule has 13 heteroatoms. The fourth-order valence-electron chi connectivity index (χ4n) is 4.87. The Kier molecular flexibility index (Phi) is 6.31. The van der Waals surface area contributed by atoms with Crippen molar-refractivity contribution in [1.82, 2.24) is 24.8 Å². The second-order valence-corrected chi connectivity index (χ2v) is 10.5. The van der Waals surface area contributed by atoms with Crippen LogP contribution in [-0.4, -0.2) is 72.0 Å². The van der Waals surface area contributed by atoms with E-state index in [2.05, 4.69) is 20.3 Å². The van der Waals surface area contributed by atoms with Gasteiger partial charge in [0.15, 0.2) is 5.82 Å². The molecule has 2 amide bonds. The maximum absolute atomic E-state index is 13.4. The Morgan fingerprint density at radius 2 is 2.05 bits per heavy atom. The molecule has 11 nitrogen and oxygen atoms in total. The van der Waals surface area contributed by atoms with Gasteiger partial charge in [0.25, 0.3) is 5.91 Å². The highest BCUT2D eigenvalue weighted by molar-refractivity contribution is 7.86. The molecule has 37 heavy (non-hydrogen) atoms. The van der Waals surface area contributed by atoms with Crippen molar-refractivity contribution in [3.8, 4) is 0 Å². The van der Waals surface area contributed by atoms with Crippen LogP contribution in [0.4, 0.5) is 15.4 Å². The molecule has 3 N–H and O–H groups in total. The van der Waals surface area contributed by atoms with Gasteiger partial charge in [-0.2, -0.15) is 13.5 Å². The maximum Gasteiger partial charge on any atom is 0.332 e. The third-order valence-electron chi connectivity index (χ3n) is 6.73. The Hall–Kier alpha value is -4.00. The first-order valence-corrected chi connectivity index (χ1v) is 13.2. The number of nitrogens with two attached hydrogens (primary N) is 1. The molecule has 1 fully saturated rings. The molecular weight excluding hydrogens is 501 g/mol. The molecule has 4 heterocycles. The molecule has 0 aliphatic carbocycles. The van der Waals surface area contributed by atoms with Gasteiger partial charge in [0.2, 0.25) is 5.91 Å². The first-order chi connectivity index (χ1) is 17.6. The molecular formula is C24H26FN7O4S. The summed E-state index contributed by atoms with van der Waals surface area (Å²) in [5.41, 5.74) is 9.56. The third-order valence-corrected chi connectivity index (χ3v) is 7.55. The molecule has 0 bridgehead atoms. The highest BCUT2D eigenvalue weighted by Gasteiger charge is 2.28. The van der Waals surface area contributed by atoms with E-state index in [4.69, 9.17) is 5.73 Å². The van der Waals surface area contributed by atoms with Gasteiger partial charge in [0.05, 0.1) is 16.3 Å². The number of piperidine rings is 1. The number of carbonyl (C=O) groups is 2. The van der Waals surface area contributed by atoms with E-state index < -0.39 is 21.0 Å². The quantitative estimate of drug-likeness (QED) is 0.477. The van der Waals surface area contributed by atoms with Gasteiger partial charge < -0.3 is 20.9 Å². The van der Waals surface area contributed by atoms with Crippen LogP contribution in [0, 0.1) is 0 Å². The third kappa shape index (κ3) is 4.86. The number of nitrogens with one attached hydrogen (secondary N) is 1. The Morgan fingerprint density at radius 3 is 2.78 bits per heavy atom. The largest absolute Gasteiger partial charge is 0.382 e. The number of fused-ring (bicyclic) bond motifs is 1. The lowest BCUT2D eigenvalue weighted by molar-refractivity contribution is -0.127. The van der Waals surface area contributed by atoms with Crippen molar-refractivity contribution in [3.63, 3.8) is 0 Å². The highest BCUT2D eigenvalue weighted by atomic mass is 32.3. The predicted molar refractivity (Wildman–Crippen MR) is 135 cm³/mol. The molecule has 0 saturated carbocycles. The molecule has 0 radical (unpaired) electrons. The Balaban J connectivity index is 1.39. The van der Waals surface area contributed by atoms with E-state index in [1.807, 2.05) is 12.1 Å². The molecule has 0 unspecified atom stereocenters. The van der Waals surface area contributed by atoms with Gasteiger partial charge in [0.1, 0.15) is 11.8 Å². The van der Waals surface area contributed by atoms with E-state index in [0.717, 1.165) is 35.5 Å². The van der Waals surface area contributed by atoms with E-state index >= 15 is 0 Å². The fraction of sp³-hybridized carbons (Fsp3) is 0.333. The van der Waals surface area contributed by atoms with Gasteiger partial charge in [-0.3, -0.25) is 9.59 Å². The first-order valence-electron chi connectivity index (χ1n) is 11.8. The molecule has 0 spiro atoms. The average molecular weight is 528 g/mol. The molecule has 1 saturated heterocycles. The Morgan fingerprint density at radius 1 is 1.24 bits per heavy atom. The summed E-state index contributed by atoms with van der Waals surface area (Å²) in [5.74, 6) is -0.178. The number of nitrogen functional groups attached to an aromatic ring is 1. The van der Waals surface area contributed by atoms with E-state index in [1.54, 1.807) is 9.42 Å². The lowest BCUT2D eigenvalue weighted by Crippen LogP contribution is -2.47. The summed E-state index contributed by atoms with van der Waals surface area (Å²) >= 11 is 0. The zero-order chi connectivity index (χ0) is 26.3. The van der Waals surface area contributed by atoms with Crippen molar-refractivity contribution >= 4 is 44.6 Å². The molecule has 5 rings (SSSR count). The van der Waals surface area contributed by atoms with Crippen LogP contribution in [0.3, 0.4) is 0 Å². The van der Waals surface area contributed by atoms with E-state index in [9.17, 15) is 21.9 Å². The van der Waals surface area contributed by atoms with Gasteiger partial charge >= 0.3 is 10.2 Å². The van der Waals surface area contributed by atoms with Crippen molar-refractivity contribution in [2.75, 3.05) is 36.8 Å². The van der Waals surface area contributed by atoms with Gasteiger partial charge in [-0.25, -0.2) is 9.50 Å². The molecule has 3 aromatic rings. The fourth-order valence-corrected chi connectivity index (χ4v) is 5.38. The number of nitrogens with zero attached hydrogens (tertiary/aromatic N) is 5. The van der Waals surface area contributed by atoms with Crippen molar-refractivity contribution in [3.05, 3.63) is 54.0 Å². The number of carbonyl (C=O) groups excluding carboxylic acids is 2. The minimum absolute atomic E-state index is 0.00857. The van der Waals surface area contributed by atoms with Crippen LogP contribution in [0.2, 0.25) is 0 Å². The maximum atomic E-state index is 13.4. The summed E-state index contributed by atoms with van der Waals surface area (Å²) in [5, 5.41) is 7.35. The SMILES string of the molecule is CC(=O)N1CC=C(c2cc(N3CCC[C@@H](NC(=O)c4cccc(S(=O)(=O)F)c4)C3)c3c(N)ncnn23)C1. The van der Waals surface area contributed by atoms with Crippen LogP contribution in [0.5, 0.6) is 0 Å². The van der Waals surface area contributed by atoms with Crippen molar-refractivity contribution < 1.29 is 21.9 Å². The summed E-state index contributed by atoms with van der Waals surface area (Å²) < 4.78 is 37.6. The van der Waals surface area contributed by atoms with Crippen LogP contribution < -0.4 is 16.0 Å². The number of hydrogen-bond acceptors (Lipinski definition) is 8. The Bertz CT molecular complexity index is 1540. The van der Waals surface area contributed by atoms with Gasteiger partial charge in [0, 0.05) is 44.7 Å². The summed E-state index contributed by atoms with van der Waals surface area (Å²) in [7, 11) is -4.92. The number of amides is 2. The monoisotopic (exact) mass is 527 g/mol. The van der Waals surface area contributed by atoms with Gasteiger partial charge in [-0.05, 0) is 42.7 Å². The normalized spacial score (nSPS) is 18.2. The molecule has 1 atom stereocenters. The predicted octanol–water partition coefficient (Wildman–Crippen LogP) is 1.61. The first kappa shape index (κ1) is 24.7. The number of halogens is 1. The summed E-state index contributed by atoms with van der Waals surface area (Å²) in [6.07, 6.45) is 4.88. The molecule has 2 aliphatic heterocycles. The average Bonchev–Trinajstić information content (AvgIpc) is 3.50. The van der Waals surface area contributed by atoms with Gasteiger partial charge in [-0.1, -0.05) is 12.1 Å². The van der Waals surface area contributed by atoms with Crippen molar-refractivity contribution in [2.45, 2.75) is 30.7 Å². The highest BCUT2D eigenvalue weighted by Crippen LogP contribution is 2.34. The number of rotatable bonds is 5. The molecule has 1 aromatic carbocycles. The Labute approximate surface area is 213 Å². The van der Waals surface area contributed by atoms with Crippen molar-refractivity contribution in [1.29, 1.82) is 0 Å². The summed E-state index contributed by atoms with van der Waals surface area (Å²) in [6, 6.07) is 6.64. The molecule has 194 valence electrons. The van der Waals surface area contributed by atoms with E-state index in [0.29, 0.717) is 43.9 Å². The number of benzene rings is 1. The standard InChI is InChI=1S/C24H26FN7O4S/c1-15(33)30-9-7-17(12-30)20-11-21(22-23(26)27-14-28-32(20)22)31-8-3-5-18(13-31)29-24(34)16-4-2-6-19(10-16)37(25,35)36/h2,4,6-7,10-11,14,18H,3,5,8-9,12-13H2,1H3,(H,29,34)(H2,26,27,28)/t18-/m1/s1. The second kappa shape index (κ2) is 9.47. The van der Waals surface area contributed by atoms with E-state index in [-0.39, 0.29) is 17.5 Å². The van der Waals surface area contributed by atoms with Crippen LogP contribution in [-0.2, 0) is 15.0 Å². The number of hydrogen-bond donors (Lipinski definition) is 2. The lowest BCUT2D eigenvalue weighted by Gasteiger charge is -2.34. The minimum atomic E-state index is -4.92. The number of aromatic nitrogens is 3. The minimum Gasteiger partial charge on any atom is -0.382 e. The van der Waals surface area contributed by atoms with Crippen molar-refractivity contribution in [2.24, 2.45) is 0 Å². The van der Waals surface area contributed by atoms with Crippen LogP contribution in [0.15, 0.2) is 47.6 Å². The topological polar surface area (TPSA) is 143 Å². The number of anilines is 2. The molecule has 2 aliphatic rings. The smallest absolute Gasteiger partial charge is 0.332 e. The van der Waals surface area contributed by atoms with Crippen LogP contribution in [0.25, 0.3) is 11.1 Å². The van der Waals surface area contributed by atoms with E-state index in [1.165, 1.54) is 25.4 Å². The zero-order valence-corrected chi connectivity index (χ0v) is 20.9. The van der Waals surface area contributed by atoms with Crippen LogP contribution >= 0.6 is 0 Å². The zero-order valence-electron chi connectivity index (χ0n) is 20.1. The second-order valence-electron chi connectivity index (χ2n) is 9.17. The lowest BCUT2D eigenvalue weighted by atomic mass is 10.0. The summed E-state index contributed by atoms with van der Waals surface area (Å²) in [6.45, 7) is 3.72. The summed E-state index contributed by atoms with van der Waals surface area (Å²) in [4.78, 5) is 32.1. The van der Waals surface area contributed by atoms with Crippen LogP contribution in [0.1, 0.15) is 35.8 Å². The molecule has 2 aromatic heterocycles. The van der Waals surface area contributed by atoms with Gasteiger partial charge in [-0.15, -0.1) is 3.89 Å².